The van der Waals surface area contributed by atoms with Crippen LogP contribution in [0.4, 0.5) is 4.79 Å². The Morgan fingerprint density at radius 3 is 2.09 bits per heavy atom. The lowest BCUT2D eigenvalue weighted by atomic mass is 10.00. The Hall–Kier alpha value is -3.39. The Bertz CT molecular complexity index is 960. The van der Waals surface area contributed by atoms with E-state index in [1.165, 1.54) is 4.90 Å². The third-order valence-corrected chi connectivity index (χ3v) is 5.44. The molecule has 0 saturated heterocycles. The summed E-state index contributed by atoms with van der Waals surface area (Å²) in [5.41, 5.74) is 0.780. The highest BCUT2D eigenvalue weighted by atomic mass is 16.6. The number of aliphatic hydroxyl groups excluding tert-OH is 1. The van der Waals surface area contributed by atoms with E-state index < -0.39 is 36.3 Å². The van der Waals surface area contributed by atoms with Crippen LogP contribution in [0.5, 0.6) is 0 Å². The van der Waals surface area contributed by atoms with E-state index in [9.17, 15) is 19.5 Å². The lowest BCUT2D eigenvalue weighted by Crippen LogP contribution is -2.56. The third-order valence-electron chi connectivity index (χ3n) is 5.44. The van der Waals surface area contributed by atoms with Crippen molar-refractivity contribution in [3.63, 3.8) is 0 Å². The molecule has 3 atom stereocenters. The van der Waals surface area contributed by atoms with Crippen LogP contribution in [0.15, 0.2) is 60.7 Å². The van der Waals surface area contributed by atoms with Gasteiger partial charge < -0.3 is 25.4 Å². The number of carbonyl (C=O) groups excluding carboxylic acids is 3. The molecule has 0 aliphatic carbocycles. The Morgan fingerprint density at radius 2 is 1.57 bits per heavy atom. The van der Waals surface area contributed by atoms with E-state index in [-0.39, 0.29) is 11.9 Å². The van der Waals surface area contributed by atoms with Crippen molar-refractivity contribution in [1.29, 1.82) is 0 Å². The average Bonchev–Trinajstić information content (AvgIpc) is 2.83. The van der Waals surface area contributed by atoms with Crippen molar-refractivity contribution in [2.45, 2.75) is 71.3 Å². The van der Waals surface area contributed by atoms with Crippen molar-refractivity contribution in [1.82, 2.24) is 15.5 Å². The van der Waals surface area contributed by atoms with Crippen molar-refractivity contribution in [3.05, 3.63) is 71.8 Å². The van der Waals surface area contributed by atoms with E-state index in [2.05, 4.69) is 10.6 Å². The van der Waals surface area contributed by atoms with Crippen molar-refractivity contribution in [2.75, 3.05) is 6.61 Å². The van der Waals surface area contributed by atoms with Gasteiger partial charge in [0.05, 0.1) is 6.61 Å². The van der Waals surface area contributed by atoms with Gasteiger partial charge in [-0.05, 0) is 45.2 Å². The van der Waals surface area contributed by atoms with Gasteiger partial charge in [-0.1, -0.05) is 67.6 Å². The Labute approximate surface area is 207 Å². The number of amides is 3. The summed E-state index contributed by atoms with van der Waals surface area (Å²) in [4.78, 5) is 41.0. The SMILES string of the molecule is CCC(C)N(C(=O)C(CO)NC(=O)OC(C)(C)C)C(C(=O)NCc1ccccc1)c1ccccc1. The van der Waals surface area contributed by atoms with Crippen LogP contribution in [-0.4, -0.2) is 52.2 Å². The zero-order chi connectivity index (χ0) is 26.0. The highest BCUT2D eigenvalue weighted by molar-refractivity contribution is 5.92. The molecular weight excluding hydrogens is 446 g/mol. The Balaban J connectivity index is 2.37. The maximum Gasteiger partial charge on any atom is 0.408 e. The van der Waals surface area contributed by atoms with Gasteiger partial charge in [0, 0.05) is 12.6 Å². The van der Waals surface area contributed by atoms with Crippen LogP contribution in [0.3, 0.4) is 0 Å². The molecule has 3 amide bonds. The van der Waals surface area contributed by atoms with Crippen LogP contribution < -0.4 is 10.6 Å². The van der Waals surface area contributed by atoms with Gasteiger partial charge in [-0.15, -0.1) is 0 Å². The van der Waals surface area contributed by atoms with Crippen molar-refractivity contribution < 1.29 is 24.2 Å². The number of carbonyl (C=O) groups is 3. The first-order valence-electron chi connectivity index (χ1n) is 11.9. The number of nitrogens with zero attached hydrogens (tertiary/aromatic N) is 1. The van der Waals surface area contributed by atoms with E-state index in [1.807, 2.05) is 50.2 Å². The van der Waals surface area contributed by atoms with Crippen molar-refractivity contribution in [2.24, 2.45) is 0 Å². The quantitative estimate of drug-likeness (QED) is 0.479. The maximum absolute atomic E-state index is 13.7. The van der Waals surface area contributed by atoms with E-state index in [4.69, 9.17) is 4.74 Å². The average molecular weight is 484 g/mol. The molecule has 0 saturated carbocycles. The normalized spacial score (nSPS) is 13.8. The first-order chi connectivity index (χ1) is 16.6. The van der Waals surface area contributed by atoms with Gasteiger partial charge in [0.2, 0.25) is 11.8 Å². The standard InChI is InChI=1S/C27H37N3O5/c1-6-19(2)30(25(33)22(18-31)29-26(34)35-27(3,4)5)23(21-15-11-8-12-16-21)24(32)28-17-20-13-9-7-10-14-20/h7-16,19,22-23,31H,6,17-18H2,1-5H3,(H,28,32)(H,29,34). The molecule has 0 fully saturated rings. The molecule has 3 unspecified atom stereocenters. The molecule has 35 heavy (non-hydrogen) atoms. The number of nitrogens with one attached hydrogen (secondary N) is 2. The minimum Gasteiger partial charge on any atom is -0.444 e. The first kappa shape index (κ1) is 27.9. The number of rotatable bonds is 10. The van der Waals surface area contributed by atoms with E-state index in [0.29, 0.717) is 18.5 Å². The predicted octanol–water partition coefficient (Wildman–Crippen LogP) is 3.56. The van der Waals surface area contributed by atoms with Gasteiger partial charge in [0.25, 0.3) is 0 Å². The Kier molecular flexibility index (Phi) is 10.3. The molecule has 0 radical (unpaired) electrons. The van der Waals surface area contributed by atoms with E-state index in [1.54, 1.807) is 45.0 Å². The first-order valence-corrected chi connectivity index (χ1v) is 11.9. The Morgan fingerprint density at radius 1 is 1.00 bits per heavy atom. The summed E-state index contributed by atoms with van der Waals surface area (Å²) in [7, 11) is 0. The molecule has 190 valence electrons. The number of ether oxygens (including phenoxy) is 1. The smallest absolute Gasteiger partial charge is 0.408 e. The summed E-state index contributed by atoms with van der Waals surface area (Å²) in [6.07, 6.45) is -0.259. The van der Waals surface area contributed by atoms with Crippen LogP contribution in [-0.2, 0) is 20.9 Å². The molecule has 8 heteroatoms. The second-order valence-corrected chi connectivity index (χ2v) is 9.40. The highest BCUT2D eigenvalue weighted by Gasteiger charge is 2.38. The molecule has 0 aliphatic heterocycles. The predicted molar refractivity (Wildman–Crippen MR) is 134 cm³/mol. The lowest BCUT2D eigenvalue weighted by molar-refractivity contribution is -0.145. The number of alkyl carbamates (subject to hydrolysis) is 1. The van der Waals surface area contributed by atoms with E-state index in [0.717, 1.165) is 5.56 Å². The zero-order valence-corrected chi connectivity index (χ0v) is 21.2. The summed E-state index contributed by atoms with van der Waals surface area (Å²) in [5.74, 6) is -0.931. The molecule has 2 aromatic rings. The van der Waals surface area contributed by atoms with Crippen LogP contribution in [0, 0.1) is 0 Å². The number of hydrogen-bond acceptors (Lipinski definition) is 5. The van der Waals surface area contributed by atoms with Gasteiger partial charge in [-0.2, -0.15) is 0 Å². The minimum atomic E-state index is -1.27. The van der Waals surface area contributed by atoms with Gasteiger partial charge in [-0.25, -0.2) is 4.79 Å². The summed E-state index contributed by atoms with van der Waals surface area (Å²) >= 11 is 0. The summed E-state index contributed by atoms with van der Waals surface area (Å²) in [6, 6.07) is 15.9. The second kappa shape index (κ2) is 12.9. The molecule has 3 N–H and O–H groups in total. The maximum atomic E-state index is 13.7. The van der Waals surface area contributed by atoms with Gasteiger partial charge >= 0.3 is 6.09 Å². The summed E-state index contributed by atoms with van der Waals surface area (Å²) < 4.78 is 5.26. The number of benzene rings is 2. The number of hydrogen-bond donors (Lipinski definition) is 3. The fraction of sp³-hybridized carbons (Fsp3) is 0.444. The van der Waals surface area contributed by atoms with Crippen LogP contribution in [0.1, 0.15) is 58.2 Å². The molecule has 0 bridgehead atoms. The van der Waals surface area contributed by atoms with E-state index >= 15 is 0 Å². The molecule has 0 spiro atoms. The fourth-order valence-electron chi connectivity index (χ4n) is 3.57. The molecular formula is C27H37N3O5. The lowest BCUT2D eigenvalue weighted by Gasteiger charge is -2.38. The zero-order valence-electron chi connectivity index (χ0n) is 21.2. The van der Waals surface area contributed by atoms with Crippen molar-refractivity contribution >= 4 is 17.9 Å². The molecule has 2 aromatic carbocycles. The van der Waals surface area contributed by atoms with Gasteiger partial charge in [0.15, 0.2) is 0 Å². The summed E-state index contributed by atoms with van der Waals surface area (Å²) in [5, 5.41) is 15.4. The highest BCUT2D eigenvalue weighted by Crippen LogP contribution is 2.26. The fourth-order valence-corrected chi connectivity index (χ4v) is 3.57. The van der Waals surface area contributed by atoms with Crippen LogP contribution >= 0.6 is 0 Å². The number of aliphatic hydroxyl groups is 1. The molecule has 0 aliphatic rings. The molecule has 2 rings (SSSR count). The second-order valence-electron chi connectivity index (χ2n) is 9.40. The van der Waals surface area contributed by atoms with Crippen LogP contribution in [0.2, 0.25) is 0 Å². The van der Waals surface area contributed by atoms with Gasteiger partial charge in [0.1, 0.15) is 17.7 Å². The third kappa shape index (κ3) is 8.40. The molecule has 8 nitrogen and oxygen atoms in total. The van der Waals surface area contributed by atoms with Gasteiger partial charge in [-0.3, -0.25) is 9.59 Å². The topological polar surface area (TPSA) is 108 Å². The largest absolute Gasteiger partial charge is 0.444 e. The molecule has 0 aromatic heterocycles. The monoisotopic (exact) mass is 483 g/mol. The summed E-state index contributed by atoms with van der Waals surface area (Å²) in [6.45, 7) is 8.51. The van der Waals surface area contributed by atoms with Crippen LogP contribution in [0.25, 0.3) is 0 Å². The molecule has 0 heterocycles. The minimum absolute atomic E-state index is 0.297. The van der Waals surface area contributed by atoms with Crippen molar-refractivity contribution in [3.8, 4) is 0 Å².